The van der Waals surface area contributed by atoms with E-state index in [0.717, 1.165) is 0 Å². The van der Waals surface area contributed by atoms with Gasteiger partial charge in [-0.1, -0.05) is 0 Å². The number of rotatable bonds is 3. The fourth-order valence-electron chi connectivity index (χ4n) is 1.74. The quantitative estimate of drug-likeness (QED) is 0.407. The summed E-state index contributed by atoms with van der Waals surface area (Å²) in [6.07, 6.45) is 0. The van der Waals surface area contributed by atoms with Crippen molar-refractivity contribution in [2.45, 2.75) is 0 Å². The molecule has 0 atom stereocenters. The van der Waals surface area contributed by atoms with Crippen LogP contribution in [0.3, 0.4) is 0 Å². The van der Waals surface area contributed by atoms with Gasteiger partial charge in [-0.2, -0.15) is 0 Å². The summed E-state index contributed by atoms with van der Waals surface area (Å²) in [5.41, 5.74) is -0.652. The maximum Gasteiger partial charge on any atom is 0.337 e. The molecule has 0 unspecified atom stereocenters. The molecule has 0 saturated carbocycles. The highest BCUT2D eigenvalue weighted by molar-refractivity contribution is 6.04. The molecule has 120 valence electrons. The molecule has 0 heterocycles. The van der Waals surface area contributed by atoms with Gasteiger partial charge in [0, 0.05) is 5.69 Å². The minimum Gasteiger partial charge on any atom is -0.465 e. The SMILES string of the molecule is COC(=O)c1ccc(NC(=O)c2cc(F)c(F)c(F)c2F)cc1. The number of halogens is 4. The highest BCUT2D eigenvalue weighted by atomic mass is 19.2. The molecule has 0 aliphatic carbocycles. The molecule has 0 radical (unpaired) electrons. The minimum absolute atomic E-state index is 0.132. The largest absolute Gasteiger partial charge is 0.465 e. The van der Waals surface area contributed by atoms with Gasteiger partial charge >= 0.3 is 5.97 Å². The average Bonchev–Trinajstić information content (AvgIpc) is 2.56. The van der Waals surface area contributed by atoms with Gasteiger partial charge in [-0.3, -0.25) is 4.79 Å². The normalized spacial score (nSPS) is 10.3. The molecule has 0 fully saturated rings. The minimum atomic E-state index is -2.07. The number of hydrogen-bond donors (Lipinski definition) is 1. The second-order valence-electron chi connectivity index (χ2n) is 4.37. The highest BCUT2D eigenvalue weighted by Crippen LogP contribution is 2.20. The third-order valence-electron chi connectivity index (χ3n) is 2.91. The molecular formula is C15H9F4NO3. The van der Waals surface area contributed by atoms with Crippen molar-refractivity contribution in [3.05, 3.63) is 64.7 Å². The van der Waals surface area contributed by atoms with Gasteiger partial charge in [-0.15, -0.1) is 0 Å². The summed E-state index contributed by atoms with van der Waals surface area (Å²) in [7, 11) is 1.19. The molecule has 0 spiro atoms. The summed E-state index contributed by atoms with van der Waals surface area (Å²) >= 11 is 0. The van der Waals surface area contributed by atoms with Gasteiger partial charge in [0.2, 0.25) is 0 Å². The van der Waals surface area contributed by atoms with Crippen molar-refractivity contribution < 1.29 is 31.9 Å². The lowest BCUT2D eigenvalue weighted by Gasteiger charge is -2.08. The highest BCUT2D eigenvalue weighted by Gasteiger charge is 2.23. The second kappa shape index (κ2) is 6.47. The Morgan fingerprint density at radius 3 is 2.13 bits per heavy atom. The lowest BCUT2D eigenvalue weighted by Crippen LogP contribution is -2.16. The van der Waals surface area contributed by atoms with Crippen LogP contribution in [0.25, 0.3) is 0 Å². The van der Waals surface area contributed by atoms with Crippen LogP contribution in [0.5, 0.6) is 0 Å². The van der Waals surface area contributed by atoms with Crippen LogP contribution >= 0.6 is 0 Å². The predicted octanol–water partition coefficient (Wildman–Crippen LogP) is 3.28. The topological polar surface area (TPSA) is 55.4 Å². The fraction of sp³-hybridized carbons (Fsp3) is 0.0667. The van der Waals surface area contributed by atoms with Crippen LogP contribution < -0.4 is 5.32 Å². The lowest BCUT2D eigenvalue weighted by atomic mass is 10.1. The number of methoxy groups -OCH3 is 1. The van der Waals surface area contributed by atoms with E-state index < -0.39 is 40.7 Å². The van der Waals surface area contributed by atoms with Crippen LogP contribution in [-0.4, -0.2) is 19.0 Å². The summed E-state index contributed by atoms with van der Waals surface area (Å²) in [6, 6.07) is 5.51. The Morgan fingerprint density at radius 1 is 0.957 bits per heavy atom. The van der Waals surface area contributed by atoms with E-state index >= 15 is 0 Å². The third-order valence-corrected chi connectivity index (χ3v) is 2.91. The van der Waals surface area contributed by atoms with E-state index in [1.807, 2.05) is 0 Å². The number of benzene rings is 2. The van der Waals surface area contributed by atoms with Crippen molar-refractivity contribution in [3.63, 3.8) is 0 Å². The monoisotopic (exact) mass is 327 g/mol. The zero-order chi connectivity index (χ0) is 17.1. The Bertz CT molecular complexity index is 775. The average molecular weight is 327 g/mol. The fourth-order valence-corrected chi connectivity index (χ4v) is 1.74. The van der Waals surface area contributed by atoms with Crippen molar-refractivity contribution in [3.8, 4) is 0 Å². The van der Waals surface area contributed by atoms with Crippen LogP contribution in [0.4, 0.5) is 23.2 Å². The third kappa shape index (κ3) is 3.31. The van der Waals surface area contributed by atoms with Crippen LogP contribution in [0.15, 0.2) is 30.3 Å². The number of ether oxygens (including phenoxy) is 1. The Hall–Kier alpha value is -2.90. The Labute approximate surface area is 127 Å². The first-order chi connectivity index (χ1) is 10.8. The molecule has 8 heteroatoms. The molecule has 0 aromatic heterocycles. The summed E-state index contributed by atoms with van der Waals surface area (Å²) < 4.78 is 57.0. The molecule has 1 amide bonds. The first-order valence-corrected chi connectivity index (χ1v) is 6.18. The Kier molecular flexibility index (Phi) is 4.63. The Morgan fingerprint density at radius 2 is 1.57 bits per heavy atom. The summed E-state index contributed by atoms with van der Waals surface area (Å²) in [5.74, 6) is -9.33. The van der Waals surface area contributed by atoms with Gasteiger partial charge in [-0.25, -0.2) is 22.4 Å². The van der Waals surface area contributed by atoms with Crippen LogP contribution in [-0.2, 0) is 4.74 Å². The Balaban J connectivity index is 2.24. The number of hydrogen-bond acceptors (Lipinski definition) is 3. The lowest BCUT2D eigenvalue weighted by molar-refractivity contribution is 0.0600. The number of carbonyl (C=O) groups excluding carboxylic acids is 2. The van der Waals surface area contributed by atoms with Crippen molar-refractivity contribution in [1.82, 2.24) is 0 Å². The summed E-state index contributed by atoms with van der Waals surface area (Å²) in [4.78, 5) is 23.1. The van der Waals surface area contributed by atoms with Crippen LogP contribution in [0.1, 0.15) is 20.7 Å². The number of esters is 1. The molecule has 2 aromatic rings. The van der Waals surface area contributed by atoms with E-state index in [-0.39, 0.29) is 17.3 Å². The van der Waals surface area contributed by atoms with E-state index in [1.54, 1.807) is 0 Å². The predicted molar refractivity (Wildman–Crippen MR) is 72.0 cm³/mol. The van der Waals surface area contributed by atoms with Gasteiger partial charge in [0.25, 0.3) is 5.91 Å². The van der Waals surface area contributed by atoms with E-state index in [0.29, 0.717) is 0 Å². The molecule has 0 aliphatic heterocycles. The van der Waals surface area contributed by atoms with Crippen LogP contribution in [0.2, 0.25) is 0 Å². The smallest absolute Gasteiger partial charge is 0.337 e. The molecule has 0 aliphatic rings. The molecule has 2 rings (SSSR count). The maximum atomic E-state index is 13.5. The van der Waals surface area contributed by atoms with Gasteiger partial charge < -0.3 is 10.1 Å². The first-order valence-electron chi connectivity index (χ1n) is 6.18. The first kappa shape index (κ1) is 16.5. The molecule has 0 bridgehead atoms. The number of nitrogens with one attached hydrogen (secondary N) is 1. The van der Waals surface area contributed by atoms with E-state index in [4.69, 9.17) is 0 Å². The van der Waals surface area contributed by atoms with Crippen molar-refractivity contribution >= 4 is 17.6 Å². The van der Waals surface area contributed by atoms with Gasteiger partial charge in [0.05, 0.1) is 18.2 Å². The number of anilines is 1. The molecule has 2 aromatic carbocycles. The van der Waals surface area contributed by atoms with Gasteiger partial charge in [-0.05, 0) is 30.3 Å². The molecule has 4 nitrogen and oxygen atoms in total. The zero-order valence-electron chi connectivity index (χ0n) is 11.6. The van der Waals surface area contributed by atoms with Gasteiger partial charge in [0.1, 0.15) is 0 Å². The van der Waals surface area contributed by atoms with Gasteiger partial charge in [0.15, 0.2) is 23.3 Å². The molecule has 0 saturated heterocycles. The van der Waals surface area contributed by atoms with Crippen molar-refractivity contribution in [2.75, 3.05) is 12.4 Å². The molecule has 1 N–H and O–H groups in total. The van der Waals surface area contributed by atoms with Crippen LogP contribution in [0, 0.1) is 23.3 Å². The number of carbonyl (C=O) groups is 2. The second-order valence-corrected chi connectivity index (χ2v) is 4.37. The maximum absolute atomic E-state index is 13.5. The van der Waals surface area contributed by atoms with Crippen molar-refractivity contribution in [1.29, 1.82) is 0 Å². The van der Waals surface area contributed by atoms with E-state index in [1.165, 1.54) is 31.4 Å². The van der Waals surface area contributed by atoms with E-state index in [9.17, 15) is 27.2 Å². The standard InChI is InChI=1S/C15H9F4NO3/c1-23-15(22)7-2-4-8(5-3-7)20-14(21)9-6-10(16)12(18)13(19)11(9)17/h2-6H,1H3,(H,20,21). The molecule has 23 heavy (non-hydrogen) atoms. The van der Waals surface area contributed by atoms with Crippen molar-refractivity contribution in [2.24, 2.45) is 0 Å². The van der Waals surface area contributed by atoms with E-state index in [2.05, 4.69) is 10.1 Å². The summed E-state index contributed by atoms with van der Waals surface area (Å²) in [5, 5.41) is 2.17. The summed E-state index contributed by atoms with van der Waals surface area (Å²) in [6.45, 7) is 0. The molecular weight excluding hydrogens is 318 g/mol. The zero-order valence-corrected chi connectivity index (χ0v) is 11.6. The number of amides is 1.